The van der Waals surface area contributed by atoms with Gasteiger partial charge in [-0.3, -0.25) is 9.36 Å². The summed E-state index contributed by atoms with van der Waals surface area (Å²) in [6.07, 6.45) is 0. The Labute approximate surface area is 122 Å². The zero-order valence-corrected chi connectivity index (χ0v) is 12.2. The quantitative estimate of drug-likeness (QED) is 0.695. The number of aryl methyl sites for hydroxylation is 2. The molecule has 0 aliphatic heterocycles. The SMILES string of the molecule is Cc1ccc2nc(C)n(-c3ccc(S)cc3)c(=O)c2c1. The minimum absolute atomic E-state index is 0.0388. The number of fused-ring (bicyclic) bond motifs is 1. The molecule has 1 aromatic heterocycles. The molecule has 0 radical (unpaired) electrons. The van der Waals surface area contributed by atoms with Crippen LogP contribution in [0.4, 0.5) is 0 Å². The highest BCUT2D eigenvalue weighted by molar-refractivity contribution is 7.80. The van der Waals surface area contributed by atoms with Gasteiger partial charge in [0, 0.05) is 4.90 Å². The number of benzene rings is 2. The highest BCUT2D eigenvalue weighted by Gasteiger charge is 2.09. The molecule has 3 aromatic rings. The van der Waals surface area contributed by atoms with Gasteiger partial charge in [0.15, 0.2) is 0 Å². The maximum atomic E-state index is 12.7. The van der Waals surface area contributed by atoms with Crippen molar-refractivity contribution in [3.8, 4) is 5.69 Å². The second-order valence-corrected chi connectivity index (χ2v) is 5.35. The molecular weight excluding hydrogens is 268 g/mol. The van der Waals surface area contributed by atoms with E-state index in [9.17, 15) is 4.79 Å². The third kappa shape index (κ3) is 2.12. The molecule has 100 valence electrons. The molecule has 20 heavy (non-hydrogen) atoms. The summed E-state index contributed by atoms with van der Waals surface area (Å²) in [6.45, 7) is 3.81. The average Bonchev–Trinajstić information content (AvgIpc) is 2.42. The Morgan fingerprint density at radius 3 is 2.45 bits per heavy atom. The predicted octanol–water partition coefficient (Wildman–Crippen LogP) is 3.29. The highest BCUT2D eigenvalue weighted by Crippen LogP contribution is 2.15. The normalized spacial score (nSPS) is 10.9. The predicted molar refractivity (Wildman–Crippen MR) is 84.1 cm³/mol. The fourth-order valence-electron chi connectivity index (χ4n) is 2.32. The fraction of sp³-hybridized carbons (Fsp3) is 0.125. The topological polar surface area (TPSA) is 34.9 Å². The van der Waals surface area contributed by atoms with Crippen LogP contribution in [0.2, 0.25) is 0 Å². The smallest absolute Gasteiger partial charge is 0.265 e. The van der Waals surface area contributed by atoms with Crippen molar-refractivity contribution in [1.82, 2.24) is 9.55 Å². The molecule has 0 spiro atoms. The molecule has 0 atom stereocenters. The van der Waals surface area contributed by atoms with E-state index < -0.39 is 0 Å². The highest BCUT2D eigenvalue weighted by atomic mass is 32.1. The first-order valence-electron chi connectivity index (χ1n) is 6.36. The standard InChI is InChI=1S/C16H14N2OS/c1-10-3-8-15-14(9-10)16(19)18(11(2)17-15)12-4-6-13(20)7-5-12/h3-9,20H,1-2H3. The fourth-order valence-corrected chi connectivity index (χ4v) is 2.47. The van der Waals surface area contributed by atoms with Crippen molar-refractivity contribution >= 4 is 23.5 Å². The van der Waals surface area contributed by atoms with Gasteiger partial charge < -0.3 is 0 Å². The van der Waals surface area contributed by atoms with Crippen molar-refractivity contribution in [3.63, 3.8) is 0 Å². The minimum atomic E-state index is -0.0388. The molecule has 0 bridgehead atoms. The van der Waals surface area contributed by atoms with Crippen molar-refractivity contribution in [1.29, 1.82) is 0 Å². The monoisotopic (exact) mass is 282 g/mol. The first kappa shape index (κ1) is 12.9. The van der Waals surface area contributed by atoms with Gasteiger partial charge in [-0.05, 0) is 50.2 Å². The Balaban J connectivity index is 2.36. The van der Waals surface area contributed by atoms with Crippen LogP contribution in [0.5, 0.6) is 0 Å². The van der Waals surface area contributed by atoms with Crippen LogP contribution in [-0.2, 0) is 0 Å². The van der Waals surface area contributed by atoms with Gasteiger partial charge in [-0.25, -0.2) is 4.98 Å². The molecule has 4 heteroatoms. The van der Waals surface area contributed by atoms with Crippen LogP contribution in [0.15, 0.2) is 52.2 Å². The second kappa shape index (κ2) is 4.80. The Kier molecular flexibility index (Phi) is 3.10. The van der Waals surface area contributed by atoms with E-state index in [-0.39, 0.29) is 5.56 Å². The van der Waals surface area contributed by atoms with E-state index in [1.807, 2.05) is 56.3 Å². The van der Waals surface area contributed by atoms with Crippen molar-refractivity contribution in [2.45, 2.75) is 18.7 Å². The molecule has 0 fully saturated rings. The van der Waals surface area contributed by atoms with E-state index >= 15 is 0 Å². The molecule has 2 aromatic carbocycles. The largest absolute Gasteiger partial charge is 0.268 e. The number of thiol groups is 1. The molecule has 1 heterocycles. The van der Waals surface area contributed by atoms with Crippen LogP contribution in [0.25, 0.3) is 16.6 Å². The molecular formula is C16H14N2OS. The molecule has 0 N–H and O–H groups in total. The Morgan fingerprint density at radius 2 is 1.75 bits per heavy atom. The third-order valence-corrected chi connectivity index (χ3v) is 3.60. The van der Waals surface area contributed by atoms with Crippen LogP contribution >= 0.6 is 12.6 Å². The lowest BCUT2D eigenvalue weighted by atomic mass is 10.1. The molecule has 0 saturated heterocycles. The van der Waals surface area contributed by atoms with E-state index in [1.165, 1.54) is 0 Å². The summed E-state index contributed by atoms with van der Waals surface area (Å²) >= 11 is 4.27. The number of rotatable bonds is 1. The van der Waals surface area contributed by atoms with Gasteiger partial charge in [0.25, 0.3) is 5.56 Å². The maximum absolute atomic E-state index is 12.7. The lowest BCUT2D eigenvalue weighted by Gasteiger charge is -2.11. The van der Waals surface area contributed by atoms with Crippen LogP contribution in [0.1, 0.15) is 11.4 Å². The first-order valence-corrected chi connectivity index (χ1v) is 6.80. The molecule has 0 amide bonds. The van der Waals surface area contributed by atoms with Crippen molar-refractivity contribution in [2.75, 3.05) is 0 Å². The van der Waals surface area contributed by atoms with Crippen molar-refractivity contribution in [3.05, 3.63) is 64.2 Å². The van der Waals surface area contributed by atoms with Crippen LogP contribution in [-0.4, -0.2) is 9.55 Å². The number of hydrogen-bond donors (Lipinski definition) is 1. The second-order valence-electron chi connectivity index (χ2n) is 4.84. The van der Waals surface area contributed by atoms with Gasteiger partial charge in [0.1, 0.15) is 5.82 Å². The maximum Gasteiger partial charge on any atom is 0.265 e. The van der Waals surface area contributed by atoms with Gasteiger partial charge in [0.05, 0.1) is 16.6 Å². The molecule has 0 unspecified atom stereocenters. The zero-order chi connectivity index (χ0) is 14.3. The first-order chi connectivity index (χ1) is 9.56. The summed E-state index contributed by atoms with van der Waals surface area (Å²) < 4.78 is 1.63. The van der Waals surface area contributed by atoms with Crippen LogP contribution in [0.3, 0.4) is 0 Å². The van der Waals surface area contributed by atoms with E-state index in [2.05, 4.69) is 17.6 Å². The van der Waals surface area contributed by atoms with E-state index in [0.717, 1.165) is 21.7 Å². The Bertz CT molecular complexity index is 851. The number of aromatic nitrogens is 2. The average molecular weight is 282 g/mol. The summed E-state index contributed by atoms with van der Waals surface area (Å²) in [5.41, 5.74) is 2.56. The number of nitrogens with zero attached hydrogens (tertiary/aromatic N) is 2. The van der Waals surface area contributed by atoms with Gasteiger partial charge in [-0.15, -0.1) is 12.6 Å². The Morgan fingerprint density at radius 1 is 1.05 bits per heavy atom. The molecule has 3 nitrogen and oxygen atoms in total. The summed E-state index contributed by atoms with van der Waals surface area (Å²) in [6, 6.07) is 13.2. The van der Waals surface area contributed by atoms with Gasteiger partial charge in [-0.2, -0.15) is 0 Å². The third-order valence-electron chi connectivity index (χ3n) is 3.30. The van der Waals surface area contributed by atoms with Crippen molar-refractivity contribution in [2.24, 2.45) is 0 Å². The van der Waals surface area contributed by atoms with Gasteiger partial charge in [0.2, 0.25) is 0 Å². The summed E-state index contributed by atoms with van der Waals surface area (Å²) in [4.78, 5) is 18.1. The molecule has 3 rings (SSSR count). The van der Waals surface area contributed by atoms with Gasteiger partial charge in [-0.1, -0.05) is 11.6 Å². The lowest BCUT2D eigenvalue weighted by molar-refractivity contribution is 0.893. The van der Waals surface area contributed by atoms with Crippen LogP contribution < -0.4 is 5.56 Å². The van der Waals surface area contributed by atoms with E-state index in [1.54, 1.807) is 4.57 Å². The summed E-state index contributed by atoms with van der Waals surface area (Å²) in [5, 5.41) is 0.644. The number of hydrogen-bond acceptors (Lipinski definition) is 3. The molecule has 0 saturated carbocycles. The lowest BCUT2D eigenvalue weighted by Crippen LogP contribution is -2.22. The van der Waals surface area contributed by atoms with E-state index in [0.29, 0.717) is 11.2 Å². The minimum Gasteiger partial charge on any atom is -0.268 e. The van der Waals surface area contributed by atoms with Crippen LogP contribution in [0, 0.1) is 13.8 Å². The molecule has 0 aliphatic rings. The van der Waals surface area contributed by atoms with Crippen molar-refractivity contribution < 1.29 is 0 Å². The molecule has 0 aliphatic carbocycles. The van der Waals surface area contributed by atoms with Gasteiger partial charge >= 0.3 is 0 Å². The summed E-state index contributed by atoms with van der Waals surface area (Å²) in [5.74, 6) is 0.679. The zero-order valence-electron chi connectivity index (χ0n) is 11.3. The summed E-state index contributed by atoms with van der Waals surface area (Å²) in [7, 11) is 0. The van der Waals surface area contributed by atoms with E-state index in [4.69, 9.17) is 0 Å². The Hall–Kier alpha value is -2.07.